The maximum absolute atomic E-state index is 13.5. The third kappa shape index (κ3) is 3.39. The predicted octanol–water partition coefficient (Wildman–Crippen LogP) is 4.55. The molecule has 1 heterocycles. The van der Waals surface area contributed by atoms with Crippen LogP contribution in [0, 0.1) is 29.6 Å². The molecule has 0 saturated heterocycles. The molecule has 5 heteroatoms. The van der Waals surface area contributed by atoms with Crippen molar-refractivity contribution in [2.45, 2.75) is 38.2 Å². The predicted molar refractivity (Wildman–Crippen MR) is 117 cm³/mol. The quantitative estimate of drug-likeness (QED) is 0.763. The number of ether oxygens (including phenoxy) is 2. The Hall–Kier alpha value is -2.53. The van der Waals surface area contributed by atoms with Gasteiger partial charge in [-0.1, -0.05) is 30.3 Å². The zero-order valence-electron chi connectivity index (χ0n) is 17.6. The largest absolute Gasteiger partial charge is 0.486 e. The van der Waals surface area contributed by atoms with Crippen molar-refractivity contribution < 1.29 is 19.4 Å². The Balaban J connectivity index is 1.32. The highest BCUT2D eigenvalue weighted by molar-refractivity contribution is 5.94. The van der Waals surface area contributed by atoms with Crippen LogP contribution in [0.4, 0.5) is 5.69 Å². The highest BCUT2D eigenvalue weighted by Crippen LogP contribution is 2.56. The summed E-state index contributed by atoms with van der Waals surface area (Å²) in [6.45, 7) is 0.962. The monoisotopic (exact) mass is 419 g/mol. The molecule has 0 spiro atoms. The van der Waals surface area contributed by atoms with Crippen LogP contribution < -0.4 is 14.8 Å². The molecule has 7 rings (SSSR count). The number of anilines is 1. The number of rotatable bonds is 4. The fraction of sp³-hybridized carbons (Fsp3) is 0.500. The number of aliphatic hydroxyl groups excluding tert-OH is 1. The van der Waals surface area contributed by atoms with Gasteiger partial charge in [-0.25, -0.2) is 0 Å². The van der Waals surface area contributed by atoms with Crippen LogP contribution in [-0.4, -0.2) is 24.2 Å². The highest BCUT2D eigenvalue weighted by atomic mass is 16.6. The number of amides is 1. The minimum absolute atomic E-state index is 0.0859. The summed E-state index contributed by atoms with van der Waals surface area (Å²) < 4.78 is 11.5. The van der Waals surface area contributed by atoms with Crippen molar-refractivity contribution in [1.82, 2.24) is 0 Å². The third-order valence-corrected chi connectivity index (χ3v) is 7.91. The maximum Gasteiger partial charge on any atom is 0.228 e. The molecule has 4 fully saturated rings. The molecule has 5 nitrogen and oxygen atoms in total. The summed E-state index contributed by atoms with van der Waals surface area (Å²) in [6, 6.07) is 13.2. The zero-order chi connectivity index (χ0) is 20.9. The number of carbonyl (C=O) groups excluding carboxylic acids is 1. The maximum atomic E-state index is 13.5. The number of benzene rings is 2. The molecule has 162 valence electrons. The van der Waals surface area contributed by atoms with Crippen LogP contribution >= 0.6 is 0 Å². The van der Waals surface area contributed by atoms with Gasteiger partial charge in [0.15, 0.2) is 11.5 Å². The smallest absolute Gasteiger partial charge is 0.228 e. The highest BCUT2D eigenvalue weighted by Gasteiger charge is 2.50. The second-order valence-corrected chi connectivity index (χ2v) is 9.84. The van der Waals surface area contributed by atoms with Gasteiger partial charge in [-0.3, -0.25) is 4.79 Å². The topological polar surface area (TPSA) is 67.8 Å². The summed E-state index contributed by atoms with van der Waals surface area (Å²) >= 11 is 0. The van der Waals surface area contributed by atoms with Gasteiger partial charge in [0.2, 0.25) is 5.91 Å². The van der Waals surface area contributed by atoms with Crippen LogP contribution in [0.5, 0.6) is 11.5 Å². The molecule has 1 unspecified atom stereocenters. The van der Waals surface area contributed by atoms with E-state index in [1.54, 1.807) is 0 Å². The molecular weight excluding hydrogens is 390 g/mol. The summed E-state index contributed by atoms with van der Waals surface area (Å²) in [5, 5.41) is 14.4. The van der Waals surface area contributed by atoms with Crippen LogP contribution in [0.15, 0.2) is 42.5 Å². The fourth-order valence-electron chi connectivity index (χ4n) is 6.82. The molecule has 1 aliphatic heterocycles. The minimum atomic E-state index is -0.856. The average Bonchev–Trinajstić information content (AvgIpc) is 2.78. The van der Waals surface area contributed by atoms with E-state index in [1.807, 2.05) is 42.5 Å². The summed E-state index contributed by atoms with van der Waals surface area (Å²) in [7, 11) is 0. The zero-order valence-corrected chi connectivity index (χ0v) is 17.6. The lowest BCUT2D eigenvalue weighted by atomic mass is 9.51. The van der Waals surface area contributed by atoms with Crippen LogP contribution in [0.1, 0.15) is 49.3 Å². The van der Waals surface area contributed by atoms with Crippen molar-refractivity contribution in [3.05, 3.63) is 53.6 Å². The molecule has 1 atom stereocenters. The third-order valence-electron chi connectivity index (χ3n) is 7.91. The lowest BCUT2D eigenvalue weighted by Gasteiger charge is -2.53. The van der Waals surface area contributed by atoms with E-state index in [9.17, 15) is 9.90 Å². The van der Waals surface area contributed by atoms with E-state index in [-0.39, 0.29) is 11.8 Å². The Bertz CT molecular complexity index is 960. The fourth-order valence-corrected chi connectivity index (χ4v) is 6.82. The standard InChI is InChI=1S/C26H29NO4/c28-25(17-4-2-1-3-5-17)20-13-22-23(31-7-6-30-22)14-21(20)27-26(29)24-18-9-15-8-16(11-18)12-19(24)10-15/h1-5,13-16,18-19,24-25,28H,6-12H2,(H,27,29). The van der Waals surface area contributed by atoms with Gasteiger partial charge in [-0.15, -0.1) is 0 Å². The first-order valence-corrected chi connectivity index (χ1v) is 11.6. The van der Waals surface area contributed by atoms with Crippen molar-refractivity contribution >= 4 is 11.6 Å². The molecule has 2 N–H and O–H groups in total. The van der Waals surface area contributed by atoms with Gasteiger partial charge >= 0.3 is 0 Å². The average molecular weight is 420 g/mol. The molecular formula is C26H29NO4. The van der Waals surface area contributed by atoms with Crippen LogP contribution in [0.25, 0.3) is 0 Å². The van der Waals surface area contributed by atoms with Crippen LogP contribution in [0.2, 0.25) is 0 Å². The minimum Gasteiger partial charge on any atom is -0.486 e. The first-order valence-electron chi connectivity index (χ1n) is 11.6. The van der Waals surface area contributed by atoms with Crippen LogP contribution in [-0.2, 0) is 4.79 Å². The summed E-state index contributed by atoms with van der Waals surface area (Å²) in [6.07, 6.45) is 5.32. The summed E-state index contributed by atoms with van der Waals surface area (Å²) in [5.74, 6) is 4.11. The van der Waals surface area contributed by atoms with Crippen LogP contribution in [0.3, 0.4) is 0 Å². The first-order chi connectivity index (χ1) is 15.2. The van der Waals surface area contributed by atoms with Crippen molar-refractivity contribution in [3.63, 3.8) is 0 Å². The number of carbonyl (C=O) groups is 1. The normalized spacial score (nSPS) is 31.3. The number of aliphatic hydroxyl groups is 1. The molecule has 4 aliphatic carbocycles. The van der Waals surface area contributed by atoms with E-state index in [0.717, 1.165) is 17.4 Å². The number of hydrogen-bond donors (Lipinski definition) is 2. The van der Waals surface area contributed by atoms with E-state index in [0.29, 0.717) is 47.8 Å². The van der Waals surface area contributed by atoms with Crippen molar-refractivity contribution in [1.29, 1.82) is 0 Å². The summed E-state index contributed by atoms with van der Waals surface area (Å²) in [5.41, 5.74) is 2.05. The summed E-state index contributed by atoms with van der Waals surface area (Å²) in [4.78, 5) is 13.5. The molecule has 2 aromatic carbocycles. The molecule has 0 aromatic heterocycles. The molecule has 1 amide bonds. The van der Waals surface area contributed by atoms with Gasteiger partial charge in [-0.2, -0.15) is 0 Å². The van der Waals surface area contributed by atoms with E-state index in [1.165, 1.54) is 32.1 Å². The Morgan fingerprint density at radius 3 is 2.16 bits per heavy atom. The second kappa shape index (κ2) is 7.56. The molecule has 2 aromatic rings. The molecule has 5 aliphatic rings. The Kier molecular flexibility index (Phi) is 4.67. The lowest BCUT2D eigenvalue weighted by Crippen LogP contribution is -2.49. The van der Waals surface area contributed by atoms with E-state index < -0.39 is 6.10 Å². The van der Waals surface area contributed by atoms with Gasteiger partial charge < -0.3 is 19.9 Å². The van der Waals surface area contributed by atoms with E-state index >= 15 is 0 Å². The van der Waals surface area contributed by atoms with E-state index in [2.05, 4.69) is 5.32 Å². The van der Waals surface area contributed by atoms with Gasteiger partial charge in [-0.05, 0) is 67.4 Å². The second-order valence-electron chi connectivity index (χ2n) is 9.84. The SMILES string of the molecule is O=C(Nc1cc2c(cc1C(O)c1ccccc1)OCCO2)C1C2CC3CC(C2)CC1C3. The number of hydrogen-bond acceptors (Lipinski definition) is 4. The molecule has 31 heavy (non-hydrogen) atoms. The molecule has 0 radical (unpaired) electrons. The van der Waals surface area contributed by atoms with Gasteiger partial charge in [0.25, 0.3) is 0 Å². The Morgan fingerprint density at radius 2 is 1.52 bits per heavy atom. The Labute approximate surface area is 182 Å². The number of fused-ring (bicyclic) bond motifs is 1. The van der Waals surface area contributed by atoms with Crippen molar-refractivity contribution in [2.24, 2.45) is 29.6 Å². The van der Waals surface area contributed by atoms with Crippen molar-refractivity contribution in [3.8, 4) is 11.5 Å². The van der Waals surface area contributed by atoms with Crippen molar-refractivity contribution in [2.75, 3.05) is 18.5 Å². The first kappa shape index (κ1) is 19.2. The lowest BCUT2D eigenvalue weighted by molar-refractivity contribution is -0.132. The Morgan fingerprint density at radius 1 is 0.903 bits per heavy atom. The van der Waals surface area contributed by atoms with Gasteiger partial charge in [0.05, 0.1) is 5.69 Å². The number of nitrogens with one attached hydrogen (secondary N) is 1. The molecule has 4 bridgehead atoms. The van der Waals surface area contributed by atoms with Gasteiger partial charge in [0.1, 0.15) is 19.3 Å². The van der Waals surface area contributed by atoms with Gasteiger partial charge in [0, 0.05) is 17.5 Å². The molecule has 4 saturated carbocycles. The van der Waals surface area contributed by atoms with E-state index in [4.69, 9.17) is 9.47 Å².